The van der Waals surface area contributed by atoms with E-state index in [-0.39, 0.29) is 23.8 Å². The Morgan fingerprint density at radius 3 is 2.72 bits per heavy atom. The van der Waals surface area contributed by atoms with E-state index in [1.807, 2.05) is 38.6 Å². The zero-order valence-electron chi connectivity index (χ0n) is 21.5. The molecule has 2 amide bonds. The van der Waals surface area contributed by atoms with E-state index in [4.69, 9.17) is 14.5 Å². The first-order valence-electron chi connectivity index (χ1n) is 13.5. The summed E-state index contributed by atoms with van der Waals surface area (Å²) < 4.78 is 13.3. The Hall–Kier alpha value is -2.49. The van der Waals surface area contributed by atoms with Crippen LogP contribution in [0.5, 0.6) is 0 Å². The van der Waals surface area contributed by atoms with Crippen LogP contribution in [0, 0.1) is 11.8 Å². The number of aromatic nitrogens is 2. The summed E-state index contributed by atoms with van der Waals surface area (Å²) in [6, 6.07) is 7.83. The molecule has 2 aromatic rings. The van der Waals surface area contributed by atoms with E-state index in [1.165, 1.54) is 0 Å². The van der Waals surface area contributed by atoms with Crippen LogP contribution in [0.4, 0.5) is 0 Å². The van der Waals surface area contributed by atoms with Crippen LogP contribution in [-0.4, -0.2) is 95.9 Å². The highest BCUT2D eigenvalue weighted by Gasteiger charge is 2.36. The van der Waals surface area contributed by atoms with Crippen molar-refractivity contribution in [3.63, 3.8) is 0 Å². The van der Waals surface area contributed by atoms with Gasteiger partial charge < -0.3 is 29.2 Å². The van der Waals surface area contributed by atoms with Gasteiger partial charge in [0.2, 0.25) is 5.91 Å². The van der Waals surface area contributed by atoms with Crippen molar-refractivity contribution in [3.05, 3.63) is 30.1 Å². The number of ether oxygens (including phenoxy) is 2. The minimum atomic E-state index is -0.143. The van der Waals surface area contributed by atoms with E-state index in [0.717, 1.165) is 23.9 Å². The molecule has 2 aliphatic heterocycles. The molecule has 3 heterocycles. The standard InChI is InChI=1S/C27H39N5O4/c1-19(2)18-32(21-15-20(16-28-17-21)26(33)30-9-12-35-13-10-30)27(34)25-29-23-5-3-4-6-24(23)31(25)11-14-36-22-7-8-22/h3-6,19-22,28H,7-18H2,1-2H3/t20-,21+/m1/s1. The van der Waals surface area contributed by atoms with Crippen LogP contribution in [-0.2, 0) is 20.8 Å². The number of carbonyl (C=O) groups excluding carboxylic acids is 2. The molecule has 2 saturated heterocycles. The van der Waals surface area contributed by atoms with E-state index in [9.17, 15) is 9.59 Å². The molecular weight excluding hydrogens is 458 g/mol. The Morgan fingerprint density at radius 2 is 1.97 bits per heavy atom. The van der Waals surface area contributed by atoms with Crippen molar-refractivity contribution < 1.29 is 19.1 Å². The number of imidazole rings is 1. The second kappa shape index (κ2) is 11.3. The second-order valence-electron chi connectivity index (χ2n) is 10.7. The molecule has 0 spiro atoms. The van der Waals surface area contributed by atoms with Crippen molar-refractivity contribution in [1.82, 2.24) is 24.7 Å². The van der Waals surface area contributed by atoms with Crippen LogP contribution in [0.2, 0.25) is 0 Å². The summed E-state index contributed by atoms with van der Waals surface area (Å²) in [4.78, 5) is 36.0. The van der Waals surface area contributed by atoms with Gasteiger partial charge in [0.25, 0.3) is 5.91 Å². The van der Waals surface area contributed by atoms with Crippen molar-refractivity contribution in [2.45, 2.75) is 51.8 Å². The van der Waals surface area contributed by atoms with Gasteiger partial charge in [0.05, 0.1) is 42.9 Å². The van der Waals surface area contributed by atoms with Crippen molar-refractivity contribution in [2.24, 2.45) is 11.8 Å². The SMILES string of the molecule is CC(C)CN(C(=O)c1nc2ccccc2n1CCOC1CC1)[C@@H]1CNC[C@H](C(=O)N2CCOCC2)C1. The van der Waals surface area contributed by atoms with Gasteiger partial charge in [0.1, 0.15) is 0 Å². The van der Waals surface area contributed by atoms with E-state index >= 15 is 0 Å². The monoisotopic (exact) mass is 497 g/mol. The number of morpholine rings is 1. The zero-order chi connectivity index (χ0) is 25.1. The average molecular weight is 498 g/mol. The maximum atomic E-state index is 14.1. The van der Waals surface area contributed by atoms with Gasteiger partial charge in [-0.15, -0.1) is 0 Å². The van der Waals surface area contributed by atoms with Crippen LogP contribution in [0.25, 0.3) is 11.0 Å². The average Bonchev–Trinajstić information content (AvgIpc) is 3.66. The molecule has 1 aromatic heterocycles. The molecule has 36 heavy (non-hydrogen) atoms. The third kappa shape index (κ3) is 5.74. The number of benzene rings is 1. The summed E-state index contributed by atoms with van der Waals surface area (Å²) in [5.74, 6) is 0.697. The minimum absolute atomic E-state index is 0.0698. The number of nitrogens with zero attached hydrogens (tertiary/aromatic N) is 4. The fourth-order valence-electron chi connectivity index (χ4n) is 5.32. The minimum Gasteiger partial charge on any atom is -0.378 e. The number of amides is 2. The summed E-state index contributed by atoms with van der Waals surface area (Å²) in [6.45, 7) is 9.81. The number of hydrogen-bond acceptors (Lipinski definition) is 6. The lowest BCUT2D eigenvalue weighted by Crippen LogP contribution is -2.56. The highest BCUT2D eigenvalue weighted by atomic mass is 16.5. The van der Waals surface area contributed by atoms with Crippen LogP contribution in [0.1, 0.15) is 43.7 Å². The topological polar surface area (TPSA) is 88.9 Å². The highest BCUT2D eigenvalue weighted by Crippen LogP contribution is 2.25. The third-order valence-corrected chi connectivity index (χ3v) is 7.30. The van der Waals surface area contributed by atoms with Crippen molar-refractivity contribution >= 4 is 22.8 Å². The molecule has 3 fully saturated rings. The third-order valence-electron chi connectivity index (χ3n) is 7.30. The first-order chi connectivity index (χ1) is 17.5. The van der Waals surface area contributed by atoms with Gasteiger partial charge in [-0.1, -0.05) is 26.0 Å². The number of rotatable bonds is 9. The number of carbonyl (C=O) groups is 2. The molecule has 1 saturated carbocycles. The lowest BCUT2D eigenvalue weighted by atomic mass is 9.92. The predicted octanol–water partition coefficient (Wildman–Crippen LogP) is 2.15. The molecule has 0 unspecified atom stereocenters. The van der Waals surface area contributed by atoms with E-state index in [0.29, 0.717) is 83.4 Å². The van der Waals surface area contributed by atoms with Gasteiger partial charge >= 0.3 is 0 Å². The van der Waals surface area contributed by atoms with Crippen LogP contribution in [0.3, 0.4) is 0 Å². The van der Waals surface area contributed by atoms with Gasteiger partial charge in [-0.05, 0) is 37.3 Å². The first-order valence-corrected chi connectivity index (χ1v) is 13.5. The molecule has 9 heteroatoms. The smallest absolute Gasteiger partial charge is 0.290 e. The Balaban J connectivity index is 1.37. The van der Waals surface area contributed by atoms with Crippen LogP contribution < -0.4 is 5.32 Å². The highest BCUT2D eigenvalue weighted by molar-refractivity contribution is 5.95. The zero-order valence-corrected chi connectivity index (χ0v) is 21.5. The fraction of sp³-hybridized carbons (Fsp3) is 0.667. The molecule has 2 atom stereocenters. The van der Waals surface area contributed by atoms with Gasteiger partial charge in [0, 0.05) is 45.3 Å². The number of hydrogen-bond donors (Lipinski definition) is 1. The van der Waals surface area contributed by atoms with Gasteiger partial charge in [0.15, 0.2) is 5.82 Å². The van der Waals surface area contributed by atoms with Gasteiger partial charge in [-0.25, -0.2) is 4.98 Å². The maximum Gasteiger partial charge on any atom is 0.290 e. The number of nitrogens with one attached hydrogen (secondary N) is 1. The lowest BCUT2D eigenvalue weighted by molar-refractivity contribution is -0.140. The van der Waals surface area contributed by atoms with Crippen molar-refractivity contribution in [2.75, 3.05) is 52.5 Å². The summed E-state index contributed by atoms with van der Waals surface area (Å²) in [5.41, 5.74) is 1.77. The summed E-state index contributed by atoms with van der Waals surface area (Å²) >= 11 is 0. The molecular formula is C27H39N5O4. The van der Waals surface area contributed by atoms with Crippen molar-refractivity contribution in [3.8, 4) is 0 Å². The molecule has 1 aliphatic carbocycles. The molecule has 9 nitrogen and oxygen atoms in total. The molecule has 0 bridgehead atoms. The van der Waals surface area contributed by atoms with E-state index in [1.54, 1.807) is 0 Å². The quantitative estimate of drug-likeness (QED) is 0.571. The van der Waals surface area contributed by atoms with Gasteiger partial charge in [-0.2, -0.15) is 0 Å². The van der Waals surface area contributed by atoms with Gasteiger partial charge in [-0.3, -0.25) is 9.59 Å². The van der Waals surface area contributed by atoms with E-state index in [2.05, 4.69) is 19.2 Å². The molecule has 196 valence electrons. The van der Waals surface area contributed by atoms with Crippen LogP contribution in [0.15, 0.2) is 24.3 Å². The Kier molecular flexibility index (Phi) is 7.88. The predicted molar refractivity (Wildman–Crippen MR) is 137 cm³/mol. The Bertz CT molecular complexity index is 1060. The molecule has 3 aliphatic rings. The summed E-state index contributed by atoms with van der Waals surface area (Å²) in [7, 11) is 0. The maximum absolute atomic E-state index is 14.1. The van der Waals surface area contributed by atoms with Crippen molar-refractivity contribution in [1.29, 1.82) is 0 Å². The lowest BCUT2D eigenvalue weighted by Gasteiger charge is -2.40. The summed E-state index contributed by atoms with van der Waals surface area (Å²) in [5, 5.41) is 3.44. The normalized spacial score (nSPS) is 22.8. The Labute approximate surface area is 213 Å². The molecule has 1 aromatic carbocycles. The number of fused-ring (bicyclic) bond motifs is 1. The molecule has 5 rings (SSSR count). The second-order valence-corrected chi connectivity index (χ2v) is 10.7. The fourth-order valence-corrected chi connectivity index (χ4v) is 5.32. The number of piperidine rings is 1. The largest absolute Gasteiger partial charge is 0.378 e. The molecule has 1 N–H and O–H groups in total. The van der Waals surface area contributed by atoms with Crippen LogP contribution >= 0.6 is 0 Å². The summed E-state index contributed by atoms with van der Waals surface area (Å²) in [6.07, 6.45) is 3.27. The Morgan fingerprint density at radius 1 is 1.19 bits per heavy atom. The number of para-hydroxylation sites is 2. The van der Waals surface area contributed by atoms with E-state index < -0.39 is 0 Å². The first kappa shape index (κ1) is 25.2. The molecule has 0 radical (unpaired) electrons.